The Morgan fingerprint density at radius 2 is 1.71 bits per heavy atom. The minimum atomic E-state index is -0.518. The SMILES string of the molecule is Cl.Cl.N[C@@H](Cc1ccccc1)C(=O)N1CCc2nc(-c3ccccc3)[nH]c2C1. The van der Waals surface area contributed by atoms with Crippen LogP contribution < -0.4 is 5.73 Å². The van der Waals surface area contributed by atoms with Gasteiger partial charge >= 0.3 is 0 Å². The molecule has 4 rings (SSSR count). The summed E-state index contributed by atoms with van der Waals surface area (Å²) < 4.78 is 0. The first-order chi connectivity index (χ1) is 12.7. The van der Waals surface area contributed by atoms with Gasteiger partial charge in [-0.25, -0.2) is 4.98 Å². The second-order valence-corrected chi connectivity index (χ2v) is 6.68. The molecule has 1 atom stereocenters. The van der Waals surface area contributed by atoms with Crippen LogP contribution in [0.1, 0.15) is 17.0 Å². The highest BCUT2D eigenvalue weighted by Gasteiger charge is 2.27. The van der Waals surface area contributed by atoms with Gasteiger partial charge in [-0.2, -0.15) is 0 Å². The number of nitrogens with zero attached hydrogens (tertiary/aromatic N) is 2. The molecular weight excluding hydrogens is 395 g/mol. The van der Waals surface area contributed by atoms with Crippen LogP contribution in [0.2, 0.25) is 0 Å². The molecule has 3 N–H and O–H groups in total. The number of fused-ring (bicyclic) bond motifs is 1. The van der Waals surface area contributed by atoms with Crippen molar-refractivity contribution >= 4 is 30.7 Å². The van der Waals surface area contributed by atoms with Crippen molar-refractivity contribution in [3.63, 3.8) is 0 Å². The number of carbonyl (C=O) groups is 1. The average Bonchev–Trinajstić information content (AvgIpc) is 3.12. The molecule has 2 aromatic carbocycles. The fourth-order valence-electron chi connectivity index (χ4n) is 3.40. The van der Waals surface area contributed by atoms with E-state index in [4.69, 9.17) is 10.7 Å². The molecule has 0 radical (unpaired) electrons. The van der Waals surface area contributed by atoms with Crippen molar-refractivity contribution in [2.24, 2.45) is 5.73 Å². The third kappa shape index (κ3) is 4.73. The van der Waals surface area contributed by atoms with Gasteiger partial charge in [0.25, 0.3) is 0 Å². The molecule has 7 heteroatoms. The smallest absolute Gasteiger partial charge is 0.240 e. The van der Waals surface area contributed by atoms with Gasteiger partial charge in [0.15, 0.2) is 0 Å². The molecule has 1 aromatic heterocycles. The van der Waals surface area contributed by atoms with Crippen LogP contribution in [-0.2, 0) is 24.2 Å². The van der Waals surface area contributed by atoms with Gasteiger partial charge in [-0.15, -0.1) is 24.8 Å². The molecule has 0 saturated heterocycles. The van der Waals surface area contributed by atoms with Crippen LogP contribution in [0.5, 0.6) is 0 Å². The first-order valence-corrected chi connectivity index (χ1v) is 8.92. The first-order valence-electron chi connectivity index (χ1n) is 8.92. The maximum atomic E-state index is 12.8. The van der Waals surface area contributed by atoms with E-state index in [0.29, 0.717) is 19.5 Å². The van der Waals surface area contributed by atoms with E-state index in [1.807, 2.05) is 65.6 Å². The Balaban J connectivity index is 0.00000140. The summed E-state index contributed by atoms with van der Waals surface area (Å²) in [6, 6.07) is 19.4. The molecule has 0 saturated carbocycles. The molecule has 148 valence electrons. The maximum absolute atomic E-state index is 12.8. The average molecular weight is 419 g/mol. The maximum Gasteiger partial charge on any atom is 0.240 e. The van der Waals surface area contributed by atoms with Crippen molar-refractivity contribution in [1.29, 1.82) is 0 Å². The summed E-state index contributed by atoms with van der Waals surface area (Å²) in [5.74, 6) is 0.855. The second-order valence-electron chi connectivity index (χ2n) is 6.68. The molecule has 1 aliphatic heterocycles. The van der Waals surface area contributed by atoms with Gasteiger partial charge < -0.3 is 15.6 Å². The van der Waals surface area contributed by atoms with E-state index in [9.17, 15) is 4.79 Å². The van der Waals surface area contributed by atoms with E-state index >= 15 is 0 Å². The summed E-state index contributed by atoms with van der Waals surface area (Å²) in [6.45, 7) is 1.20. The molecule has 28 heavy (non-hydrogen) atoms. The van der Waals surface area contributed by atoms with E-state index in [-0.39, 0.29) is 30.7 Å². The number of nitrogens with one attached hydrogen (secondary N) is 1. The Hall–Kier alpha value is -2.34. The first kappa shape index (κ1) is 22.0. The van der Waals surface area contributed by atoms with Gasteiger partial charge in [0.2, 0.25) is 5.91 Å². The topological polar surface area (TPSA) is 75.0 Å². The van der Waals surface area contributed by atoms with E-state index in [0.717, 1.165) is 34.8 Å². The molecule has 0 bridgehead atoms. The quantitative estimate of drug-likeness (QED) is 0.681. The molecule has 0 spiro atoms. The Labute approximate surface area is 177 Å². The number of amides is 1. The third-order valence-corrected chi connectivity index (χ3v) is 4.81. The molecule has 0 fully saturated rings. The Morgan fingerprint density at radius 3 is 2.39 bits per heavy atom. The number of nitrogens with two attached hydrogens (primary N) is 1. The number of aromatic amines is 1. The molecule has 5 nitrogen and oxygen atoms in total. The number of H-pyrrole nitrogens is 1. The van der Waals surface area contributed by atoms with Crippen molar-refractivity contribution in [2.45, 2.75) is 25.4 Å². The predicted octanol–water partition coefficient (Wildman–Crippen LogP) is 3.38. The number of aromatic nitrogens is 2. The van der Waals surface area contributed by atoms with Crippen LogP contribution in [0.3, 0.4) is 0 Å². The normalized spacial score (nSPS) is 13.7. The largest absolute Gasteiger partial charge is 0.340 e. The van der Waals surface area contributed by atoms with E-state index in [1.165, 1.54) is 0 Å². The van der Waals surface area contributed by atoms with Crippen LogP contribution in [0.25, 0.3) is 11.4 Å². The highest BCUT2D eigenvalue weighted by molar-refractivity contribution is 5.85. The zero-order valence-corrected chi connectivity index (χ0v) is 17.0. The molecule has 0 aliphatic carbocycles. The van der Waals surface area contributed by atoms with Crippen molar-refractivity contribution < 1.29 is 4.79 Å². The fourth-order valence-corrected chi connectivity index (χ4v) is 3.40. The Bertz CT molecular complexity index is 899. The van der Waals surface area contributed by atoms with E-state index in [2.05, 4.69) is 4.98 Å². The number of halogens is 2. The van der Waals surface area contributed by atoms with Gasteiger partial charge in [-0.3, -0.25) is 4.79 Å². The molecular formula is C21H24Cl2N4O. The lowest BCUT2D eigenvalue weighted by Gasteiger charge is -2.28. The van der Waals surface area contributed by atoms with Gasteiger partial charge in [-0.05, 0) is 12.0 Å². The summed E-state index contributed by atoms with van der Waals surface area (Å²) >= 11 is 0. The highest BCUT2D eigenvalue weighted by Crippen LogP contribution is 2.23. The number of carbonyl (C=O) groups excluding carboxylic acids is 1. The molecule has 2 heterocycles. The van der Waals surface area contributed by atoms with Crippen LogP contribution >= 0.6 is 24.8 Å². The molecule has 1 amide bonds. The van der Waals surface area contributed by atoms with Gasteiger partial charge in [0.05, 0.1) is 24.0 Å². The molecule has 3 aromatic rings. The lowest BCUT2D eigenvalue weighted by Crippen LogP contribution is -2.46. The second kappa shape index (κ2) is 9.73. The summed E-state index contributed by atoms with van der Waals surface area (Å²) in [7, 11) is 0. The Kier molecular flexibility index (Phi) is 7.63. The lowest BCUT2D eigenvalue weighted by atomic mass is 10.0. The van der Waals surface area contributed by atoms with Crippen LogP contribution in [0, 0.1) is 0 Å². The highest BCUT2D eigenvalue weighted by atomic mass is 35.5. The third-order valence-electron chi connectivity index (χ3n) is 4.81. The molecule has 0 unspecified atom stereocenters. The van der Waals surface area contributed by atoms with Crippen LogP contribution in [0.15, 0.2) is 60.7 Å². The lowest BCUT2D eigenvalue weighted by molar-refractivity contribution is -0.133. The number of hydrogen-bond acceptors (Lipinski definition) is 3. The Morgan fingerprint density at radius 1 is 1.07 bits per heavy atom. The van der Waals surface area contributed by atoms with Crippen LogP contribution in [0.4, 0.5) is 0 Å². The van der Waals surface area contributed by atoms with Crippen LogP contribution in [-0.4, -0.2) is 33.4 Å². The van der Waals surface area contributed by atoms with Crippen molar-refractivity contribution in [1.82, 2.24) is 14.9 Å². The number of benzene rings is 2. The number of imidazole rings is 1. The van der Waals surface area contributed by atoms with Crippen molar-refractivity contribution in [2.75, 3.05) is 6.54 Å². The van der Waals surface area contributed by atoms with E-state index < -0.39 is 6.04 Å². The predicted molar refractivity (Wildman–Crippen MR) is 116 cm³/mol. The number of rotatable bonds is 4. The monoisotopic (exact) mass is 418 g/mol. The van der Waals surface area contributed by atoms with Crippen molar-refractivity contribution in [3.05, 3.63) is 77.6 Å². The number of hydrogen-bond donors (Lipinski definition) is 2. The summed E-state index contributed by atoms with van der Waals surface area (Å²) in [4.78, 5) is 22.7. The minimum absolute atomic E-state index is 0. The minimum Gasteiger partial charge on any atom is -0.340 e. The fraction of sp³-hybridized carbons (Fsp3) is 0.238. The van der Waals surface area contributed by atoms with Gasteiger partial charge in [-0.1, -0.05) is 60.7 Å². The van der Waals surface area contributed by atoms with Crippen molar-refractivity contribution in [3.8, 4) is 11.4 Å². The van der Waals surface area contributed by atoms with Gasteiger partial charge in [0, 0.05) is 18.5 Å². The zero-order chi connectivity index (χ0) is 17.9. The summed E-state index contributed by atoms with van der Waals surface area (Å²) in [5, 5.41) is 0. The van der Waals surface area contributed by atoms with Gasteiger partial charge in [0.1, 0.15) is 5.82 Å². The summed E-state index contributed by atoms with van der Waals surface area (Å²) in [5.41, 5.74) is 10.4. The zero-order valence-electron chi connectivity index (χ0n) is 15.4. The molecule has 1 aliphatic rings. The van der Waals surface area contributed by atoms with E-state index in [1.54, 1.807) is 0 Å². The standard InChI is InChI=1S/C21H22N4O.2ClH/c22-17(13-15-7-3-1-4-8-15)21(26)25-12-11-18-19(14-25)24-20(23-18)16-9-5-2-6-10-16;;/h1-10,17H,11-14,22H2,(H,23,24);2*1H/t17-;;/m0../s1. The summed E-state index contributed by atoms with van der Waals surface area (Å²) in [6.07, 6.45) is 1.31.